The molecule has 0 aliphatic rings. The van der Waals surface area contributed by atoms with Crippen LogP contribution in [0.4, 0.5) is 5.00 Å². The molecule has 2 heterocycles. The maximum absolute atomic E-state index is 12.1. The molecule has 0 saturated heterocycles. The van der Waals surface area contributed by atoms with E-state index in [9.17, 15) is 19.2 Å². The molecule has 0 aromatic carbocycles. The van der Waals surface area contributed by atoms with Gasteiger partial charge in [0.15, 0.2) is 12.3 Å². The molecule has 0 bridgehead atoms. The van der Waals surface area contributed by atoms with Gasteiger partial charge in [-0.1, -0.05) is 0 Å². The summed E-state index contributed by atoms with van der Waals surface area (Å²) in [5.41, 5.74) is 0.913. The van der Waals surface area contributed by atoms with Gasteiger partial charge < -0.3 is 19.5 Å². The van der Waals surface area contributed by atoms with Crippen molar-refractivity contribution in [3.05, 3.63) is 39.8 Å². The van der Waals surface area contributed by atoms with Gasteiger partial charge in [-0.25, -0.2) is 19.4 Å². The molecule has 148 valence electrons. The van der Waals surface area contributed by atoms with Gasteiger partial charge in [0.2, 0.25) is 0 Å². The lowest BCUT2D eigenvalue weighted by Crippen LogP contribution is -2.22. The highest BCUT2D eigenvalue weighted by Gasteiger charge is 2.27. The molecular weight excluding hydrogens is 390 g/mol. The zero-order valence-electron chi connectivity index (χ0n) is 15.5. The Labute approximate surface area is 163 Å². The van der Waals surface area contributed by atoms with Crippen LogP contribution in [-0.4, -0.2) is 54.6 Å². The molecule has 0 radical (unpaired) electrons. The molecule has 2 aromatic heterocycles. The molecule has 1 N–H and O–H groups in total. The second-order valence-electron chi connectivity index (χ2n) is 5.41. The number of aryl methyl sites for hydroxylation is 1. The van der Waals surface area contributed by atoms with Crippen molar-refractivity contribution in [2.75, 3.05) is 26.1 Å². The topological polar surface area (TPSA) is 134 Å². The number of nitrogens with zero attached hydrogens (tertiary/aromatic N) is 2. The summed E-state index contributed by atoms with van der Waals surface area (Å²) >= 11 is 0.853. The van der Waals surface area contributed by atoms with Crippen molar-refractivity contribution in [3.63, 3.8) is 0 Å². The van der Waals surface area contributed by atoms with Gasteiger partial charge in [0, 0.05) is 6.20 Å². The maximum atomic E-state index is 12.1. The van der Waals surface area contributed by atoms with Crippen LogP contribution < -0.4 is 5.32 Å². The number of hydrogen-bond donors (Lipinski definition) is 1. The summed E-state index contributed by atoms with van der Waals surface area (Å²) in [6, 6.07) is 0. The van der Waals surface area contributed by atoms with Crippen LogP contribution in [-0.2, 0) is 19.0 Å². The maximum Gasteiger partial charge on any atom is 0.359 e. The highest BCUT2D eigenvalue weighted by molar-refractivity contribution is 7.18. The van der Waals surface area contributed by atoms with E-state index in [0.29, 0.717) is 11.3 Å². The van der Waals surface area contributed by atoms with Gasteiger partial charge in [0.1, 0.15) is 9.88 Å². The molecule has 0 aliphatic heterocycles. The molecule has 0 aliphatic carbocycles. The Morgan fingerprint density at radius 2 is 1.68 bits per heavy atom. The van der Waals surface area contributed by atoms with Gasteiger partial charge in [-0.2, -0.15) is 0 Å². The lowest BCUT2D eigenvalue weighted by atomic mass is 10.1. The number of anilines is 1. The Morgan fingerprint density at radius 1 is 1.00 bits per heavy atom. The van der Waals surface area contributed by atoms with E-state index in [0.717, 1.165) is 11.3 Å². The minimum Gasteiger partial charge on any atom is -0.465 e. The van der Waals surface area contributed by atoms with Crippen molar-refractivity contribution in [2.45, 2.75) is 13.8 Å². The molecular formula is C17H17N3O7S. The van der Waals surface area contributed by atoms with Crippen LogP contribution in [0.15, 0.2) is 12.4 Å². The fourth-order valence-electron chi connectivity index (χ4n) is 2.10. The fraction of sp³-hybridized carbons (Fsp3) is 0.294. The SMILES string of the molecule is COC(=O)c1sc(NC(=O)COC(=O)c2cnc(C)cn2)c(C(=O)OC)c1C. The normalized spacial score (nSPS) is 10.1. The first-order chi connectivity index (χ1) is 13.3. The number of amides is 1. The van der Waals surface area contributed by atoms with Crippen molar-refractivity contribution in [3.8, 4) is 0 Å². The third kappa shape index (κ3) is 4.68. The number of rotatable bonds is 6. The largest absolute Gasteiger partial charge is 0.465 e. The summed E-state index contributed by atoms with van der Waals surface area (Å²) in [5, 5.41) is 2.52. The summed E-state index contributed by atoms with van der Waals surface area (Å²) in [6.07, 6.45) is 2.62. The smallest absolute Gasteiger partial charge is 0.359 e. The second kappa shape index (κ2) is 9.04. The van der Waals surface area contributed by atoms with Gasteiger partial charge in [-0.15, -0.1) is 11.3 Å². The van der Waals surface area contributed by atoms with Crippen molar-refractivity contribution in [2.24, 2.45) is 0 Å². The Kier molecular flexibility index (Phi) is 6.77. The van der Waals surface area contributed by atoms with Crippen LogP contribution in [0.2, 0.25) is 0 Å². The number of esters is 3. The summed E-state index contributed by atoms with van der Waals surface area (Å²) in [5.74, 6) is -2.92. The molecule has 0 saturated carbocycles. The monoisotopic (exact) mass is 407 g/mol. The third-order valence-corrected chi connectivity index (χ3v) is 4.67. The Bertz CT molecular complexity index is 922. The van der Waals surface area contributed by atoms with Crippen molar-refractivity contribution in [1.82, 2.24) is 9.97 Å². The number of nitrogens with one attached hydrogen (secondary N) is 1. The highest BCUT2D eigenvalue weighted by Crippen LogP contribution is 2.34. The summed E-state index contributed by atoms with van der Waals surface area (Å²) in [4.78, 5) is 55.8. The van der Waals surface area contributed by atoms with E-state index in [2.05, 4.69) is 20.0 Å². The lowest BCUT2D eigenvalue weighted by Gasteiger charge is -2.07. The first-order valence-corrected chi connectivity index (χ1v) is 8.65. The molecule has 2 aromatic rings. The first-order valence-electron chi connectivity index (χ1n) is 7.84. The fourth-order valence-corrected chi connectivity index (χ4v) is 3.23. The van der Waals surface area contributed by atoms with E-state index in [1.165, 1.54) is 33.5 Å². The Hall–Kier alpha value is -3.34. The van der Waals surface area contributed by atoms with Crippen LogP contribution in [0.5, 0.6) is 0 Å². The molecule has 0 fully saturated rings. The summed E-state index contributed by atoms with van der Waals surface area (Å²) < 4.78 is 14.2. The number of thiophene rings is 1. The molecule has 28 heavy (non-hydrogen) atoms. The van der Waals surface area contributed by atoms with Gasteiger partial charge in [0.05, 0.1) is 31.7 Å². The number of carbonyl (C=O) groups is 4. The molecule has 2 rings (SSSR count). The van der Waals surface area contributed by atoms with Crippen LogP contribution in [0, 0.1) is 13.8 Å². The van der Waals surface area contributed by atoms with Crippen LogP contribution >= 0.6 is 11.3 Å². The predicted molar refractivity (Wildman–Crippen MR) is 97.4 cm³/mol. The number of hydrogen-bond acceptors (Lipinski definition) is 10. The number of ether oxygens (including phenoxy) is 3. The zero-order chi connectivity index (χ0) is 20.8. The molecule has 0 spiro atoms. The summed E-state index contributed by atoms with van der Waals surface area (Å²) in [6.45, 7) is 2.61. The van der Waals surface area contributed by atoms with Gasteiger partial charge >= 0.3 is 17.9 Å². The van der Waals surface area contributed by atoms with E-state index in [4.69, 9.17) is 9.47 Å². The number of carbonyl (C=O) groups excluding carboxylic acids is 4. The van der Waals surface area contributed by atoms with E-state index in [1.807, 2.05) is 0 Å². The van der Waals surface area contributed by atoms with Crippen molar-refractivity contribution in [1.29, 1.82) is 0 Å². The van der Waals surface area contributed by atoms with Crippen LogP contribution in [0.3, 0.4) is 0 Å². The Morgan fingerprint density at radius 3 is 2.25 bits per heavy atom. The standard InChI is InChI=1S/C17H17N3O7S/c1-8-5-19-10(6-18-8)15(22)27-7-11(21)20-14-12(16(23)25-3)9(2)13(28-14)17(24)26-4/h5-6H,7H2,1-4H3,(H,20,21). The van der Waals surface area contributed by atoms with Crippen molar-refractivity contribution < 1.29 is 33.4 Å². The van der Waals surface area contributed by atoms with Crippen molar-refractivity contribution >= 4 is 40.2 Å². The lowest BCUT2D eigenvalue weighted by molar-refractivity contribution is -0.119. The third-order valence-electron chi connectivity index (χ3n) is 3.48. The van der Waals surface area contributed by atoms with Gasteiger partial charge in [-0.3, -0.25) is 9.78 Å². The Balaban J connectivity index is 2.12. The minimum absolute atomic E-state index is 0.0250. The molecule has 1 amide bonds. The van der Waals surface area contributed by atoms with Crippen LogP contribution in [0.1, 0.15) is 41.8 Å². The van der Waals surface area contributed by atoms with Crippen LogP contribution in [0.25, 0.3) is 0 Å². The zero-order valence-corrected chi connectivity index (χ0v) is 16.3. The quantitative estimate of drug-likeness (QED) is 0.559. The highest BCUT2D eigenvalue weighted by atomic mass is 32.1. The average Bonchev–Trinajstić information content (AvgIpc) is 3.01. The van der Waals surface area contributed by atoms with E-state index in [1.54, 1.807) is 6.92 Å². The summed E-state index contributed by atoms with van der Waals surface area (Å²) in [7, 11) is 2.37. The second-order valence-corrected chi connectivity index (χ2v) is 6.43. The minimum atomic E-state index is -0.826. The predicted octanol–water partition coefficient (Wildman–Crippen LogP) is 1.52. The van der Waals surface area contributed by atoms with E-state index >= 15 is 0 Å². The molecule has 0 atom stereocenters. The number of aromatic nitrogens is 2. The molecule has 10 nitrogen and oxygen atoms in total. The first kappa shape index (κ1) is 21.0. The molecule has 0 unspecified atom stereocenters. The van der Waals surface area contributed by atoms with E-state index < -0.39 is 30.4 Å². The average molecular weight is 407 g/mol. The number of methoxy groups -OCH3 is 2. The van der Waals surface area contributed by atoms with Gasteiger partial charge in [0.25, 0.3) is 5.91 Å². The van der Waals surface area contributed by atoms with E-state index in [-0.39, 0.29) is 21.1 Å². The molecule has 11 heteroatoms. The van der Waals surface area contributed by atoms with Gasteiger partial charge in [-0.05, 0) is 19.4 Å².